The highest BCUT2D eigenvalue weighted by Crippen LogP contribution is 2.31. The van der Waals surface area contributed by atoms with Gasteiger partial charge in [0.1, 0.15) is 27.4 Å². The predicted molar refractivity (Wildman–Crippen MR) is 179 cm³/mol. The van der Waals surface area contributed by atoms with Crippen LogP contribution in [0.4, 0.5) is 0 Å². The molecule has 0 aliphatic rings. The lowest BCUT2D eigenvalue weighted by molar-refractivity contribution is 0.0730. The Hall–Kier alpha value is -1.88. The number of benzene rings is 4. The first-order valence-electron chi connectivity index (χ1n) is 11.1. The van der Waals surface area contributed by atoms with E-state index in [1.54, 1.807) is 93.7 Å². The van der Waals surface area contributed by atoms with E-state index in [-0.39, 0.29) is 41.1 Å². The standard InChI is InChI=1S/C27H14I4O9S/c28-17-5-1-14(2-6-17)25(32)38-19-11-20(39-26(33)15-3-7-18(29)8-4-15)13-21(12-19)40-27(34)16-9-22(30)24(23(31)10-16)41(35,36)37/h1-13H,(H,35,36,37)/p-1. The molecule has 0 bridgehead atoms. The lowest BCUT2D eigenvalue weighted by Crippen LogP contribution is -2.13. The summed E-state index contributed by atoms with van der Waals surface area (Å²) in [6.07, 6.45) is 0. The molecule has 4 aromatic carbocycles. The van der Waals surface area contributed by atoms with E-state index in [1.807, 2.05) is 0 Å². The molecule has 0 saturated heterocycles. The first-order valence-corrected chi connectivity index (χ1v) is 16.8. The zero-order valence-electron chi connectivity index (χ0n) is 20.1. The first-order chi connectivity index (χ1) is 19.3. The molecule has 0 N–H and O–H groups in total. The van der Waals surface area contributed by atoms with Crippen LogP contribution in [0.1, 0.15) is 31.1 Å². The van der Waals surface area contributed by atoms with Crippen molar-refractivity contribution < 1.29 is 41.6 Å². The van der Waals surface area contributed by atoms with E-state index in [2.05, 4.69) is 45.2 Å². The highest BCUT2D eigenvalue weighted by molar-refractivity contribution is 14.1. The molecule has 0 amide bonds. The topological polar surface area (TPSA) is 136 Å². The van der Waals surface area contributed by atoms with Gasteiger partial charge in [0.15, 0.2) is 0 Å². The van der Waals surface area contributed by atoms with Gasteiger partial charge in [0.2, 0.25) is 0 Å². The summed E-state index contributed by atoms with van der Waals surface area (Å²) >= 11 is 7.49. The summed E-state index contributed by atoms with van der Waals surface area (Å²) < 4.78 is 53.1. The second-order valence-electron chi connectivity index (χ2n) is 8.05. The van der Waals surface area contributed by atoms with Crippen molar-refractivity contribution in [1.82, 2.24) is 0 Å². The van der Waals surface area contributed by atoms with Crippen LogP contribution in [0, 0.1) is 14.3 Å². The molecule has 0 atom stereocenters. The Kier molecular flexibility index (Phi) is 10.6. The van der Waals surface area contributed by atoms with E-state index in [4.69, 9.17) is 14.2 Å². The van der Waals surface area contributed by atoms with Crippen LogP contribution in [0.2, 0.25) is 0 Å². The fraction of sp³-hybridized carbons (Fsp3) is 0. The maximum absolute atomic E-state index is 13.0. The molecule has 0 aromatic heterocycles. The van der Waals surface area contributed by atoms with Crippen LogP contribution in [0.5, 0.6) is 17.2 Å². The fourth-order valence-electron chi connectivity index (χ4n) is 3.31. The zero-order chi connectivity index (χ0) is 29.9. The summed E-state index contributed by atoms with van der Waals surface area (Å²) in [5, 5.41) is 0. The monoisotopic (exact) mass is 1020 g/mol. The van der Waals surface area contributed by atoms with Crippen molar-refractivity contribution in [3.63, 3.8) is 0 Å². The van der Waals surface area contributed by atoms with Gasteiger partial charge in [-0.05, 0) is 151 Å². The van der Waals surface area contributed by atoms with Crippen molar-refractivity contribution in [2.45, 2.75) is 4.90 Å². The van der Waals surface area contributed by atoms with Gasteiger partial charge in [-0.25, -0.2) is 22.8 Å². The maximum atomic E-state index is 13.0. The summed E-state index contributed by atoms with van der Waals surface area (Å²) in [4.78, 5) is 38.0. The Bertz CT molecular complexity index is 1670. The lowest BCUT2D eigenvalue weighted by Gasteiger charge is -2.14. The van der Waals surface area contributed by atoms with Gasteiger partial charge < -0.3 is 18.8 Å². The van der Waals surface area contributed by atoms with E-state index in [0.717, 1.165) is 7.14 Å². The SMILES string of the molecule is O=C(Oc1cc(OC(=O)c2ccc(I)cc2)cc(OC(=O)c2cc(I)c(S(=O)(=O)[O-])c(I)c2)c1)c1ccc(I)cc1. The fourth-order valence-corrected chi connectivity index (χ4v) is 8.01. The largest absolute Gasteiger partial charge is 0.744 e. The molecule has 0 aliphatic heterocycles. The first kappa shape index (κ1) is 32.0. The smallest absolute Gasteiger partial charge is 0.343 e. The van der Waals surface area contributed by atoms with E-state index in [1.165, 1.54) is 30.3 Å². The number of halogens is 4. The molecule has 0 fully saturated rings. The molecule has 0 aliphatic carbocycles. The third kappa shape index (κ3) is 8.58. The highest BCUT2D eigenvalue weighted by atomic mass is 127. The van der Waals surface area contributed by atoms with Crippen LogP contribution in [0.25, 0.3) is 0 Å². The van der Waals surface area contributed by atoms with E-state index < -0.39 is 32.9 Å². The third-order valence-electron chi connectivity index (χ3n) is 5.13. The number of carbonyl (C=O) groups is 3. The Morgan fingerprint density at radius 2 is 0.854 bits per heavy atom. The van der Waals surface area contributed by atoms with Crippen molar-refractivity contribution in [2.75, 3.05) is 0 Å². The second kappa shape index (κ2) is 13.6. The molecule has 210 valence electrons. The van der Waals surface area contributed by atoms with Crippen LogP contribution in [-0.4, -0.2) is 30.9 Å². The van der Waals surface area contributed by atoms with Crippen molar-refractivity contribution in [3.05, 3.63) is 110 Å². The number of hydrogen-bond donors (Lipinski definition) is 0. The molecule has 0 radical (unpaired) electrons. The molecule has 4 aromatic rings. The molecule has 9 nitrogen and oxygen atoms in total. The average molecular weight is 1020 g/mol. The Morgan fingerprint density at radius 1 is 0.537 bits per heavy atom. The molecule has 41 heavy (non-hydrogen) atoms. The predicted octanol–water partition coefficient (Wildman–Crippen LogP) is 6.67. The summed E-state index contributed by atoms with van der Waals surface area (Å²) in [7, 11) is -4.77. The lowest BCUT2D eigenvalue weighted by atomic mass is 10.2. The van der Waals surface area contributed by atoms with Gasteiger partial charge in [-0.1, -0.05) is 0 Å². The van der Waals surface area contributed by atoms with Crippen LogP contribution in [0.3, 0.4) is 0 Å². The van der Waals surface area contributed by atoms with Gasteiger partial charge in [0, 0.05) is 32.5 Å². The van der Waals surface area contributed by atoms with Crippen molar-refractivity contribution >= 4 is 118 Å². The summed E-state index contributed by atoms with van der Waals surface area (Å²) in [6.45, 7) is 0. The number of ether oxygens (including phenoxy) is 3. The molecule has 0 heterocycles. The van der Waals surface area contributed by atoms with Gasteiger partial charge in [0.05, 0.1) is 21.6 Å². The third-order valence-corrected chi connectivity index (χ3v) is 9.94. The van der Waals surface area contributed by atoms with Gasteiger partial charge in [0.25, 0.3) is 0 Å². The van der Waals surface area contributed by atoms with Crippen molar-refractivity contribution in [3.8, 4) is 17.2 Å². The van der Waals surface area contributed by atoms with Gasteiger partial charge in [-0.15, -0.1) is 0 Å². The van der Waals surface area contributed by atoms with Crippen LogP contribution >= 0.6 is 90.4 Å². The summed E-state index contributed by atoms with van der Waals surface area (Å²) in [5.74, 6) is -2.55. The zero-order valence-corrected chi connectivity index (χ0v) is 29.5. The Morgan fingerprint density at radius 3 is 1.17 bits per heavy atom. The minimum absolute atomic E-state index is 0.0371. The van der Waals surface area contributed by atoms with E-state index in [9.17, 15) is 27.4 Å². The Balaban J connectivity index is 1.65. The number of esters is 3. The Labute approximate surface area is 288 Å². The quantitative estimate of drug-likeness (QED) is 0.0862. The molecular weight excluding hydrogens is 1010 g/mol. The molecule has 4 rings (SSSR count). The molecule has 0 saturated carbocycles. The molecular formula is C27H13I4O9S-. The van der Waals surface area contributed by atoms with Crippen LogP contribution in [0.15, 0.2) is 83.8 Å². The molecule has 14 heteroatoms. The highest BCUT2D eigenvalue weighted by Gasteiger charge is 2.20. The summed E-state index contributed by atoms with van der Waals surface area (Å²) in [5.41, 5.74) is 0.496. The number of hydrogen-bond acceptors (Lipinski definition) is 9. The van der Waals surface area contributed by atoms with Crippen molar-refractivity contribution in [1.29, 1.82) is 0 Å². The maximum Gasteiger partial charge on any atom is 0.343 e. The number of carbonyl (C=O) groups excluding carboxylic acids is 3. The second-order valence-corrected chi connectivity index (χ2v) is 14.2. The van der Waals surface area contributed by atoms with E-state index >= 15 is 0 Å². The van der Waals surface area contributed by atoms with Crippen LogP contribution in [-0.2, 0) is 10.1 Å². The normalized spacial score (nSPS) is 11.0. The van der Waals surface area contributed by atoms with Crippen LogP contribution < -0.4 is 14.2 Å². The minimum atomic E-state index is -4.77. The van der Waals surface area contributed by atoms with Gasteiger partial charge in [-0.2, -0.15) is 0 Å². The minimum Gasteiger partial charge on any atom is -0.744 e. The molecule has 0 unspecified atom stereocenters. The van der Waals surface area contributed by atoms with Crippen molar-refractivity contribution in [2.24, 2.45) is 0 Å². The van der Waals surface area contributed by atoms with Gasteiger partial charge in [-0.3, -0.25) is 0 Å². The van der Waals surface area contributed by atoms with Gasteiger partial charge >= 0.3 is 17.9 Å². The van der Waals surface area contributed by atoms with E-state index in [0.29, 0.717) is 0 Å². The summed E-state index contributed by atoms with van der Waals surface area (Å²) in [6, 6.07) is 19.5. The average Bonchev–Trinajstić information content (AvgIpc) is 2.88. The number of rotatable bonds is 7. The molecule has 0 spiro atoms.